The molecule has 0 heterocycles. The van der Waals surface area contributed by atoms with Gasteiger partial charge in [-0.15, -0.1) is 0 Å². The molecule has 18 heavy (non-hydrogen) atoms. The van der Waals surface area contributed by atoms with Gasteiger partial charge in [0.15, 0.2) is 0 Å². The molecule has 2 N–H and O–H groups in total. The van der Waals surface area contributed by atoms with E-state index in [2.05, 4.69) is 6.07 Å². The van der Waals surface area contributed by atoms with Gasteiger partial charge in [-0.05, 0) is 24.0 Å². The first-order chi connectivity index (χ1) is 8.83. The highest BCUT2D eigenvalue weighted by molar-refractivity contribution is 5.37. The number of benzene rings is 1. The summed E-state index contributed by atoms with van der Waals surface area (Å²) in [5, 5.41) is 0. The molecule has 0 aromatic heterocycles. The van der Waals surface area contributed by atoms with Crippen molar-refractivity contribution in [1.82, 2.24) is 0 Å². The largest absolute Gasteiger partial charge is 0.496 e. The lowest BCUT2D eigenvalue weighted by molar-refractivity contribution is 0.0948. The maximum atomic E-state index is 5.71. The van der Waals surface area contributed by atoms with Crippen LogP contribution in [0.1, 0.15) is 36.8 Å². The standard InChI is InChI=1S/C15H23NO2/c1-17-15-9-13(5-6-14(15)10-16)11-18-8-7-12-3-2-4-12/h5-6,9,12H,2-4,7-8,10-11,16H2,1H3. The highest BCUT2D eigenvalue weighted by Gasteiger charge is 2.16. The van der Waals surface area contributed by atoms with Gasteiger partial charge in [0.25, 0.3) is 0 Å². The Hall–Kier alpha value is -1.06. The van der Waals surface area contributed by atoms with E-state index in [1.165, 1.54) is 25.7 Å². The Balaban J connectivity index is 1.77. The zero-order chi connectivity index (χ0) is 12.8. The van der Waals surface area contributed by atoms with Crippen molar-refractivity contribution < 1.29 is 9.47 Å². The van der Waals surface area contributed by atoms with E-state index < -0.39 is 0 Å². The van der Waals surface area contributed by atoms with Crippen LogP contribution in [-0.2, 0) is 17.9 Å². The maximum absolute atomic E-state index is 5.71. The average Bonchev–Trinajstić information content (AvgIpc) is 2.36. The van der Waals surface area contributed by atoms with E-state index in [0.29, 0.717) is 13.2 Å². The Morgan fingerprint density at radius 2 is 2.17 bits per heavy atom. The number of methoxy groups -OCH3 is 1. The molecule has 0 amide bonds. The minimum Gasteiger partial charge on any atom is -0.496 e. The third-order valence-corrected chi connectivity index (χ3v) is 3.74. The molecule has 1 saturated carbocycles. The predicted octanol–water partition coefficient (Wildman–Crippen LogP) is 2.86. The van der Waals surface area contributed by atoms with Crippen molar-refractivity contribution in [2.24, 2.45) is 11.7 Å². The molecule has 1 fully saturated rings. The molecule has 0 saturated heterocycles. The van der Waals surface area contributed by atoms with Gasteiger partial charge >= 0.3 is 0 Å². The van der Waals surface area contributed by atoms with Crippen molar-refractivity contribution in [2.45, 2.75) is 38.8 Å². The first-order valence-electron chi connectivity index (χ1n) is 6.77. The summed E-state index contributed by atoms with van der Waals surface area (Å²) in [6, 6.07) is 6.10. The molecule has 3 nitrogen and oxygen atoms in total. The summed E-state index contributed by atoms with van der Waals surface area (Å²) < 4.78 is 11.0. The first kappa shape index (κ1) is 13.4. The van der Waals surface area contributed by atoms with E-state index in [9.17, 15) is 0 Å². The van der Waals surface area contributed by atoms with Gasteiger partial charge in [0.2, 0.25) is 0 Å². The summed E-state index contributed by atoms with van der Waals surface area (Å²) in [6.45, 7) is 2.03. The van der Waals surface area contributed by atoms with E-state index in [1.807, 2.05) is 12.1 Å². The van der Waals surface area contributed by atoms with Gasteiger partial charge in [0.1, 0.15) is 5.75 Å². The molecule has 0 unspecified atom stereocenters. The molecular formula is C15H23NO2. The fraction of sp³-hybridized carbons (Fsp3) is 0.600. The normalized spacial score (nSPS) is 15.4. The van der Waals surface area contributed by atoms with Gasteiger partial charge in [0, 0.05) is 18.7 Å². The fourth-order valence-electron chi connectivity index (χ4n) is 2.27. The van der Waals surface area contributed by atoms with E-state index in [4.69, 9.17) is 15.2 Å². The number of hydrogen-bond donors (Lipinski definition) is 1. The second-order valence-corrected chi connectivity index (χ2v) is 4.99. The van der Waals surface area contributed by atoms with Crippen LogP contribution in [0.15, 0.2) is 18.2 Å². The minimum absolute atomic E-state index is 0.506. The van der Waals surface area contributed by atoms with Crippen molar-refractivity contribution in [2.75, 3.05) is 13.7 Å². The topological polar surface area (TPSA) is 44.5 Å². The molecular weight excluding hydrogens is 226 g/mol. The molecule has 0 atom stereocenters. The van der Waals surface area contributed by atoms with Crippen molar-refractivity contribution in [3.8, 4) is 5.75 Å². The highest BCUT2D eigenvalue weighted by atomic mass is 16.5. The van der Waals surface area contributed by atoms with Crippen molar-refractivity contribution in [3.05, 3.63) is 29.3 Å². The summed E-state index contributed by atoms with van der Waals surface area (Å²) in [6.07, 6.45) is 5.39. The number of nitrogens with two attached hydrogens (primary N) is 1. The van der Waals surface area contributed by atoms with Gasteiger partial charge in [-0.2, -0.15) is 0 Å². The van der Waals surface area contributed by atoms with Crippen LogP contribution in [0.25, 0.3) is 0 Å². The van der Waals surface area contributed by atoms with Crippen LogP contribution in [0.5, 0.6) is 5.75 Å². The molecule has 3 heteroatoms. The highest BCUT2D eigenvalue weighted by Crippen LogP contribution is 2.29. The minimum atomic E-state index is 0.506. The van der Waals surface area contributed by atoms with Gasteiger partial charge in [-0.1, -0.05) is 31.4 Å². The van der Waals surface area contributed by atoms with Gasteiger partial charge < -0.3 is 15.2 Å². The fourth-order valence-corrected chi connectivity index (χ4v) is 2.27. The smallest absolute Gasteiger partial charge is 0.123 e. The van der Waals surface area contributed by atoms with Crippen molar-refractivity contribution >= 4 is 0 Å². The SMILES string of the molecule is COc1cc(COCCC2CCC2)ccc1CN. The van der Waals surface area contributed by atoms with Crippen LogP contribution in [0, 0.1) is 5.92 Å². The van der Waals surface area contributed by atoms with E-state index >= 15 is 0 Å². The Morgan fingerprint density at radius 1 is 1.33 bits per heavy atom. The second-order valence-electron chi connectivity index (χ2n) is 4.99. The summed E-state index contributed by atoms with van der Waals surface area (Å²) in [7, 11) is 1.68. The number of rotatable bonds is 7. The van der Waals surface area contributed by atoms with E-state index in [-0.39, 0.29) is 0 Å². The summed E-state index contributed by atoms with van der Waals surface area (Å²) in [5.41, 5.74) is 7.83. The zero-order valence-electron chi connectivity index (χ0n) is 11.2. The average molecular weight is 249 g/mol. The molecule has 0 radical (unpaired) electrons. The molecule has 2 rings (SSSR count). The van der Waals surface area contributed by atoms with Gasteiger partial charge in [-0.25, -0.2) is 0 Å². The third kappa shape index (κ3) is 3.47. The number of hydrogen-bond acceptors (Lipinski definition) is 3. The predicted molar refractivity (Wildman–Crippen MR) is 72.5 cm³/mol. The van der Waals surface area contributed by atoms with Crippen LogP contribution in [0.3, 0.4) is 0 Å². The second kappa shape index (κ2) is 6.76. The summed E-state index contributed by atoms with van der Waals surface area (Å²) in [5.74, 6) is 1.77. The summed E-state index contributed by atoms with van der Waals surface area (Å²) in [4.78, 5) is 0. The van der Waals surface area contributed by atoms with Crippen LogP contribution >= 0.6 is 0 Å². The summed E-state index contributed by atoms with van der Waals surface area (Å²) >= 11 is 0. The molecule has 0 spiro atoms. The molecule has 1 aliphatic rings. The Morgan fingerprint density at radius 3 is 2.78 bits per heavy atom. The number of ether oxygens (including phenoxy) is 2. The Kier molecular flexibility index (Phi) is 5.02. The van der Waals surface area contributed by atoms with Crippen molar-refractivity contribution in [1.29, 1.82) is 0 Å². The monoisotopic (exact) mass is 249 g/mol. The molecule has 0 bridgehead atoms. The lowest BCUT2D eigenvalue weighted by Crippen LogP contribution is -2.13. The molecule has 1 aliphatic carbocycles. The third-order valence-electron chi connectivity index (χ3n) is 3.74. The molecule has 1 aromatic carbocycles. The van der Waals surface area contributed by atoms with E-state index in [0.717, 1.165) is 29.4 Å². The zero-order valence-corrected chi connectivity index (χ0v) is 11.2. The lowest BCUT2D eigenvalue weighted by atomic mass is 9.83. The maximum Gasteiger partial charge on any atom is 0.123 e. The van der Waals surface area contributed by atoms with Crippen LogP contribution in [0.2, 0.25) is 0 Å². The van der Waals surface area contributed by atoms with Crippen LogP contribution in [0.4, 0.5) is 0 Å². The van der Waals surface area contributed by atoms with Crippen LogP contribution in [-0.4, -0.2) is 13.7 Å². The molecule has 0 aliphatic heterocycles. The molecule has 100 valence electrons. The lowest BCUT2D eigenvalue weighted by Gasteiger charge is -2.24. The van der Waals surface area contributed by atoms with Crippen LogP contribution < -0.4 is 10.5 Å². The van der Waals surface area contributed by atoms with E-state index in [1.54, 1.807) is 7.11 Å². The molecule has 1 aromatic rings. The quantitative estimate of drug-likeness (QED) is 0.756. The Bertz CT molecular complexity index is 375. The first-order valence-corrected chi connectivity index (χ1v) is 6.77. The Labute approximate surface area is 109 Å². The van der Waals surface area contributed by atoms with Gasteiger partial charge in [0.05, 0.1) is 13.7 Å². The van der Waals surface area contributed by atoms with Gasteiger partial charge in [-0.3, -0.25) is 0 Å². The van der Waals surface area contributed by atoms with Crippen molar-refractivity contribution in [3.63, 3.8) is 0 Å².